The highest BCUT2D eigenvalue weighted by atomic mass is 32.1. The SMILES string of the molecule is CCc1cc2c(=O)n(CCc3ccccn3)cnc2s1. The predicted octanol–water partition coefficient (Wildman–Crippen LogP) is 2.66. The third kappa shape index (κ3) is 2.49. The minimum absolute atomic E-state index is 0.0434. The number of thiophene rings is 1. The van der Waals surface area contributed by atoms with Gasteiger partial charge in [-0.2, -0.15) is 0 Å². The van der Waals surface area contributed by atoms with Gasteiger partial charge in [-0.3, -0.25) is 14.3 Å². The van der Waals surface area contributed by atoms with Crippen molar-refractivity contribution in [2.24, 2.45) is 0 Å². The van der Waals surface area contributed by atoms with Crippen molar-refractivity contribution in [3.63, 3.8) is 0 Å². The first-order valence-corrected chi connectivity index (χ1v) is 7.47. The second-order valence-electron chi connectivity index (χ2n) is 4.60. The number of hydrogen-bond acceptors (Lipinski definition) is 4. The molecule has 0 unspecified atom stereocenters. The molecule has 0 saturated heterocycles. The van der Waals surface area contributed by atoms with Gasteiger partial charge in [-0.1, -0.05) is 13.0 Å². The number of hydrogen-bond donors (Lipinski definition) is 0. The summed E-state index contributed by atoms with van der Waals surface area (Å²) in [5, 5.41) is 0.732. The van der Waals surface area contributed by atoms with Crippen LogP contribution in [0.15, 0.2) is 41.6 Å². The zero-order valence-electron chi connectivity index (χ0n) is 11.2. The largest absolute Gasteiger partial charge is 0.298 e. The van der Waals surface area contributed by atoms with E-state index in [1.165, 1.54) is 4.88 Å². The fraction of sp³-hybridized carbons (Fsp3) is 0.267. The second-order valence-corrected chi connectivity index (χ2v) is 5.71. The van der Waals surface area contributed by atoms with E-state index in [9.17, 15) is 4.79 Å². The molecule has 0 aliphatic rings. The highest BCUT2D eigenvalue weighted by Crippen LogP contribution is 2.20. The van der Waals surface area contributed by atoms with Gasteiger partial charge in [0.25, 0.3) is 5.56 Å². The van der Waals surface area contributed by atoms with E-state index < -0.39 is 0 Å². The summed E-state index contributed by atoms with van der Waals surface area (Å²) in [6.07, 6.45) is 5.09. The minimum Gasteiger partial charge on any atom is -0.298 e. The molecule has 0 radical (unpaired) electrons. The van der Waals surface area contributed by atoms with Crippen LogP contribution in [0.25, 0.3) is 10.2 Å². The molecule has 4 nitrogen and oxygen atoms in total. The average Bonchev–Trinajstić information content (AvgIpc) is 2.92. The van der Waals surface area contributed by atoms with Crippen molar-refractivity contribution >= 4 is 21.6 Å². The molecular weight excluding hydrogens is 270 g/mol. The third-order valence-corrected chi connectivity index (χ3v) is 4.44. The summed E-state index contributed by atoms with van der Waals surface area (Å²) in [6, 6.07) is 7.78. The summed E-state index contributed by atoms with van der Waals surface area (Å²) in [5.41, 5.74) is 1.03. The molecule has 0 bridgehead atoms. The number of pyridine rings is 1. The predicted molar refractivity (Wildman–Crippen MR) is 81.2 cm³/mol. The van der Waals surface area contributed by atoms with Gasteiger partial charge in [0, 0.05) is 29.7 Å². The Kier molecular flexibility index (Phi) is 3.60. The molecule has 0 spiro atoms. The molecule has 3 aromatic rings. The van der Waals surface area contributed by atoms with Crippen LogP contribution in [0.5, 0.6) is 0 Å². The molecule has 5 heteroatoms. The van der Waals surface area contributed by atoms with Crippen molar-refractivity contribution < 1.29 is 0 Å². The van der Waals surface area contributed by atoms with Crippen molar-refractivity contribution in [3.05, 3.63) is 57.7 Å². The summed E-state index contributed by atoms with van der Waals surface area (Å²) in [4.78, 5) is 23.1. The van der Waals surface area contributed by atoms with E-state index in [0.29, 0.717) is 6.54 Å². The lowest BCUT2D eigenvalue weighted by Gasteiger charge is -2.04. The maximum absolute atomic E-state index is 12.4. The first-order valence-electron chi connectivity index (χ1n) is 6.65. The molecule has 3 heterocycles. The zero-order valence-corrected chi connectivity index (χ0v) is 12.1. The molecule has 102 valence electrons. The number of nitrogens with zero attached hydrogens (tertiary/aromatic N) is 3. The zero-order chi connectivity index (χ0) is 13.9. The summed E-state index contributed by atoms with van der Waals surface area (Å²) in [7, 11) is 0. The molecule has 3 rings (SSSR count). The lowest BCUT2D eigenvalue weighted by atomic mass is 10.2. The van der Waals surface area contributed by atoms with Gasteiger partial charge in [-0.15, -0.1) is 11.3 Å². The Balaban J connectivity index is 1.88. The van der Waals surface area contributed by atoms with Crippen LogP contribution in [0.2, 0.25) is 0 Å². The quantitative estimate of drug-likeness (QED) is 0.740. The van der Waals surface area contributed by atoms with Gasteiger partial charge < -0.3 is 0 Å². The molecule has 0 aromatic carbocycles. The summed E-state index contributed by atoms with van der Waals surface area (Å²) < 4.78 is 1.67. The molecule has 0 aliphatic heterocycles. The van der Waals surface area contributed by atoms with Crippen molar-refractivity contribution in [3.8, 4) is 0 Å². The smallest absolute Gasteiger partial charge is 0.262 e. The molecule has 0 saturated carbocycles. The monoisotopic (exact) mass is 285 g/mol. The van der Waals surface area contributed by atoms with Gasteiger partial charge in [0.1, 0.15) is 4.83 Å². The van der Waals surface area contributed by atoms with Crippen LogP contribution < -0.4 is 5.56 Å². The van der Waals surface area contributed by atoms with Crippen LogP contribution >= 0.6 is 11.3 Å². The van der Waals surface area contributed by atoms with Crippen LogP contribution in [0, 0.1) is 0 Å². The van der Waals surface area contributed by atoms with Crippen molar-refractivity contribution in [1.82, 2.24) is 14.5 Å². The summed E-state index contributed by atoms with van der Waals surface area (Å²) in [5.74, 6) is 0. The second kappa shape index (κ2) is 5.54. The van der Waals surface area contributed by atoms with Crippen LogP contribution in [-0.4, -0.2) is 14.5 Å². The normalized spacial score (nSPS) is 11.1. The van der Waals surface area contributed by atoms with Crippen molar-refractivity contribution in [2.75, 3.05) is 0 Å². The standard InChI is InChI=1S/C15H15N3OS/c1-2-12-9-13-14(20-12)17-10-18(15(13)19)8-6-11-5-3-4-7-16-11/h3-5,7,9-10H,2,6,8H2,1H3. The maximum atomic E-state index is 12.4. The van der Waals surface area contributed by atoms with Crippen LogP contribution in [0.3, 0.4) is 0 Å². The van der Waals surface area contributed by atoms with E-state index in [-0.39, 0.29) is 5.56 Å². The van der Waals surface area contributed by atoms with E-state index in [1.807, 2.05) is 24.3 Å². The first kappa shape index (κ1) is 13.0. The minimum atomic E-state index is 0.0434. The van der Waals surface area contributed by atoms with Gasteiger partial charge in [-0.05, 0) is 24.6 Å². The number of rotatable bonds is 4. The van der Waals surface area contributed by atoms with Crippen molar-refractivity contribution in [1.29, 1.82) is 0 Å². The van der Waals surface area contributed by atoms with Crippen LogP contribution in [0.4, 0.5) is 0 Å². The Morgan fingerprint density at radius 3 is 2.95 bits per heavy atom. The molecule has 0 aliphatic carbocycles. The summed E-state index contributed by atoms with van der Waals surface area (Å²) >= 11 is 1.60. The third-order valence-electron chi connectivity index (χ3n) is 3.25. The van der Waals surface area contributed by atoms with Gasteiger partial charge in [0.15, 0.2) is 0 Å². The van der Waals surface area contributed by atoms with E-state index in [2.05, 4.69) is 16.9 Å². The molecule has 20 heavy (non-hydrogen) atoms. The lowest BCUT2D eigenvalue weighted by Crippen LogP contribution is -2.21. The van der Waals surface area contributed by atoms with Gasteiger partial charge in [-0.25, -0.2) is 4.98 Å². The highest BCUT2D eigenvalue weighted by Gasteiger charge is 2.08. The molecule has 0 N–H and O–H groups in total. The van der Waals surface area contributed by atoms with Crippen LogP contribution in [0.1, 0.15) is 17.5 Å². The van der Waals surface area contributed by atoms with Gasteiger partial charge in [0.2, 0.25) is 0 Å². The van der Waals surface area contributed by atoms with E-state index in [1.54, 1.807) is 28.4 Å². The first-order chi connectivity index (χ1) is 9.78. The van der Waals surface area contributed by atoms with E-state index >= 15 is 0 Å². The molecule has 0 amide bonds. The topological polar surface area (TPSA) is 47.8 Å². The van der Waals surface area contributed by atoms with E-state index in [0.717, 1.165) is 28.8 Å². The fourth-order valence-corrected chi connectivity index (χ4v) is 3.05. The fourth-order valence-electron chi connectivity index (χ4n) is 2.12. The lowest BCUT2D eigenvalue weighted by molar-refractivity contribution is 0.654. The van der Waals surface area contributed by atoms with E-state index in [4.69, 9.17) is 0 Å². The Hall–Kier alpha value is -2.01. The van der Waals surface area contributed by atoms with Crippen LogP contribution in [-0.2, 0) is 19.4 Å². The molecule has 0 atom stereocenters. The Labute approximate surface area is 120 Å². The molecule has 3 aromatic heterocycles. The molecular formula is C15H15N3OS. The highest BCUT2D eigenvalue weighted by molar-refractivity contribution is 7.18. The Morgan fingerprint density at radius 1 is 1.30 bits per heavy atom. The maximum Gasteiger partial charge on any atom is 0.262 e. The average molecular weight is 285 g/mol. The Morgan fingerprint density at radius 2 is 2.20 bits per heavy atom. The van der Waals surface area contributed by atoms with Gasteiger partial charge in [0.05, 0.1) is 11.7 Å². The summed E-state index contributed by atoms with van der Waals surface area (Å²) in [6.45, 7) is 2.69. The Bertz CT molecular complexity index is 777. The number of fused-ring (bicyclic) bond motifs is 1. The number of aryl methyl sites for hydroxylation is 3. The van der Waals surface area contributed by atoms with Crippen molar-refractivity contribution in [2.45, 2.75) is 26.3 Å². The van der Waals surface area contributed by atoms with Gasteiger partial charge >= 0.3 is 0 Å². The number of aromatic nitrogens is 3. The molecule has 0 fully saturated rings.